The zero-order valence-corrected chi connectivity index (χ0v) is 12.1. The molecule has 5 nitrogen and oxygen atoms in total. The molecule has 1 aromatic rings. The molecule has 0 saturated heterocycles. The van der Waals surface area contributed by atoms with E-state index in [-0.39, 0.29) is 11.6 Å². The summed E-state index contributed by atoms with van der Waals surface area (Å²) in [6, 6.07) is 2.14. The molecule has 0 amide bonds. The van der Waals surface area contributed by atoms with Gasteiger partial charge < -0.3 is 14.8 Å². The molecule has 0 saturated carbocycles. The molecule has 1 rings (SSSR count). The van der Waals surface area contributed by atoms with Crippen molar-refractivity contribution >= 4 is 0 Å². The van der Waals surface area contributed by atoms with Gasteiger partial charge in [0.05, 0.1) is 30.5 Å². The fraction of sp³-hybridized carbons (Fsp3) is 0.769. The van der Waals surface area contributed by atoms with Crippen molar-refractivity contribution in [3.63, 3.8) is 0 Å². The molecule has 0 aliphatic heterocycles. The van der Waals surface area contributed by atoms with Crippen LogP contribution in [0, 0.1) is 0 Å². The highest BCUT2D eigenvalue weighted by atomic mass is 16.5. The fourth-order valence-corrected chi connectivity index (χ4v) is 1.98. The minimum atomic E-state index is -0.291. The largest absolute Gasteiger partial charge is 0.383 e. The van der Waals surface area contributed by atoms with Crippen LogP contribution in [0.15, 0.2) is 12.3 Å². The Bertz CT molecular complexity index is 350. The lowest BCUT2D eigenvalue weighted by Gasteiger charge is -2.34. The molecule has 1 unspecified atom stereocenters. The molecule has 18 heavy (non-hydrogen) atoms. The third kappa shape index (κ3) is 3.54. The summed E-state index contributed by atoms with van der Waals surface area (Å²) in [6.07, 6.45) is 1.82. The standard InChI is InChI=1S/C13H25N3O2/c1-6-14-12(13(2,3)18-5)11-7-8-15-16(11)9-10-17-4/h7-8,12,14H,6,9-10H2,1-5H3. The maximum Gasteiger partial charge on any atom is 0.0831 e. The van der Waals surface area contributed by atoms with Crippen molar-refractivity contribution in [3.8, 4) is 0 Å². The highest BCUT2D eigenvalue weighted by molar-refractivity contribution is 5.12. The number of hydrogen-bond acceptors (Lipinski definition) is 4. The monoisotopic (exact) mass is 255 g/mol. The van der Waals surface area contributed by atoms with Crippen molar-refractivity contribution in [2.75, 3.05) is 27.4 Å². The van der Waals surface area contributed by atoms with Crippen LogP contribution < -0.4 is 5.32 Å². The van der Waals surface area contributed by atoms with Gasteiger partial charge in [0.25, 0.3) is 0 Å². The van der Waals surface area contributed by atoms with Gasteiger partial charge in [-0.25, -0.2) is 0 Å². The first-order valence-corrected chi connectivity index (χ1v) is 6.36. The average Bonchev–Trinajstić information content (AvgIpc) is 2.81. The number of nitrogens with one attached hydrogen (secondary N) is 1. The number of nitrogens with zero attached hydrogens (tertiary/aromatic N) is 2. The first-order chi connectivity index (χ1) is 8.56. The lowest BCUT2D eigenvalue weighted by molar-refractivity contribution is -0.0133. The summed E-state index contributed by atoms with van der Waals surface area (Å²) in [5, 5.41) is 7.81. The Morgan fingerprint density at radius 1 is 1.44 bits per heavy atom. The topological polar surface area (TPSA) is 48.3 Å². The van der Waals surface area contributed by atoms with Crippen LogP contribution >= 0.6 is 0 Å². The van der Waals surface area contributed by atoms with Gasteiger partial charge in [0.15, 0.2) is 0 Å². The molecule has 0 aliphatic carbocycles. The molecule has 1 atom stereocenters. The Morgan fingerprint density at radius 2 is 2.17 bits per heavy atom. The third-order valence-corrected chi connectivity index (χ3v) is 3.18. The Balaban J connectivity index is 2.95. The first kappa shape index (κ1) is 15.1. The van der Waals surface area contributed by atoms with Crippen molar-refractivity contribution in [1.29, 1.82) is 0 Å². The van der Waals surface area contributed by atoms with Gasteiger partial charge in [-0.15, -0.1) is 0 Å². The van der Waals surface area contributed by atoms with Crippen LogP contribution in [0.1, 0.15) is 32.5 Å². The number of rotatable bonds is 8. The van der Waals surface area contributed by atoms with Crippen LogP contribution in [0.2, 0.25) is 0 Å². The third-order valence-electron chi connectivity index (χ3n) is 3.18. The van der Waals surface area contributed by atoms with Crippen LogP contribution in [0.4, 0.5) is 0 Å². The van der Waals surface area contributed by atoms with E-state index in [0.717, 1.165) is 18.8 Å². The Morgan fingerprint density at radius 3 is 2.72 bits per heavy atom. The van der Waals surface area contributed by atoms with Crippen LogP contribution in [-0.4, -0.2) is 42.8 Å². The smallest absolute Gasteiger partial charge is 0.0831 e. The quantitative estimate of drug-likeness (QED) is 0.766. The number of hydrogen-bond donors (Lipinski definition) is 1. The van der Waals surface area contributed by atoms with Crippen LogP contribution in [0.3, 0.4) is 0 Å². The molecule has 0 aliphatic rings. The normalized spacial score (nSPS) is 13.8. The summed E-state index contributed by atoms with van der Waals surface area (Å²) in [5.41, 5.74) is 0.835. The van der Waals surface area contributed by atoms with Gasteiger partial charge in [-0.05, 0) is 26.5 Å². The molecule has 1 N–H and O–H groups in total. The van der Waals surface area contributed by atoms with Crippen molar-refractivity contribution < 1.29 is 9.47 Å². The van der Waals surface area contributed by atoms with Gasteiger partial charge in [-0.2, -0.15) is 5.10 Å². The minimum Gasteiger partial charge on any atom is -0.383 e. The lowest BCUT2D eigenvalue weighted by Crippen LogP contribution is -2.42. The molecule has 1 aromatic heterocycles. The van der Waals surface area contributed by atoms with Crippen LogP contribution in [0.25, 0.3) is 0 Å². The fourth-order valence-electron chi connectivity index (χ4n) is 1.98. The van der Waals surface area contributed by atoms with Crippen LogP contribution in [-0.2, 0) is 16.0 Å². The van der Waals surface area contributed by atoms with E-state index in [1.54, 1.807) is 14.2 Å². The van der Waals surface area contributed by atoms with Crippen molar-refractivity contribution in [1.82, 2.24) is 15.1 Å². The zero-order valence-electron chi connectivity index (χ0n) is 12.1. The summed E-state index contributed by atoms with van der Waals surface area (Å²) in [7, 11) is 3.43. The van der Waals surface area contributed by atoms with E-state index in [4.69, 9.17) is 9.47 Å². The lowest BCUT2D eigenvalue weighted by atomic mass is 9.95. The average molecular weight is 255 g/mol. The van der Waals surface area contributed by atoms with Gasteiger partial charge in [-0.1, -0.05) is 6.92 Å². The second-order valence-corrected chi connectivity index (χ2v) is 4.77. The molecule has 104 valence electrons. The molecular weight excluding hydrogens is 230 g/mol. The Labute approximate surface area is 109 Å². The highest BCUT2D eigenvalue weighted by Gasteiger charge is 2.32. The van der Waals surface area contributed by atoms with Crippen molar-refractivity contribution in [2.24, 2.45) is 0 Å². The van der Waals surface area contributed by atoms with E-state index in [1.165, 1.54) is 0 Å². The molecule has 0 radical (unpaired) electrons. The molecule has 0 bridgehead atoms. The number of likely N-dealkylation sites (N-methyl/N-ethyl adjacent to an activating group) is 1. The molecule has 1 heterocycles. The number of ether oxygens (including phenoxy) is 2. The molecule has 0 fully saturated rings. The van der Waals surface area contributed by atoms with Gasteiger partial charge in [0, 0.05) is 20.4 Å². The van der Waals surface area contributed by atoms with E-state index in [0.29, 0.717) is 6.61 Å². The van der Waals surface area contributed by atoms with Gasteiger partial charge in [0.2, 0.25) is 0 Å². The predicted molar refractivity (Wildman–Crippen MR) is 71.6 cm³/mol. The maximum atomic E-state index is 5.60. The van der Waals surface area contributed by atoms with Crippen molar-refractivity contribution in [2.45, 2.75) is 39.0 Å². The number of aromatic nitrogens is 2. The SMILES string of the molecule is CCNC(c1ccnn1CCOC)C(C)(C)OC. The molecule has 0 spiro atoms. The van der Waals surface area contributed by atoms with Gasteiger partial charge in [-0.3, -0.25) is 4.68 Å². The van der Waals surface area contributed by atoms with Crippen molar-refractivity contribution in [3.05, 3.63) is 18.0 Å². The number of methoxy groups -OCH3 is 2. The first-order valence-electron chi connectivity index (χ1n) is 6.36. The second-order valence-electron chi connectivity index (χ2n) is 4.77. The molecular formula is C13H25N3O2. The molecule has 5 heteroatoms. The second kappa shape index (κ2) is 6.87. The van der Waals surface area contributed by atoms with Gasteiger partial charge >= 0.3 is 0 Å². The Hall–Kier alpha value is -0.910. The van der Waals surface area contributed by atoms with E-state index < -0.39 is 0 Å². The van der Waals surface area contributed by atoms with E-state index >= 15 is 0 Å². The Kier molecular flexibility index (Phi) is 5.78. The summed E-state index contributed by atoms with van der Waals surface area (Å²) in [5.74, 6) is 0. The maximum absolute atomic E-state index is 5.60. The van der Waals surface area contributed by atoms with Gasteiger partial charge in [0.1, 0.15) is 0 Å². The summed E-state index contributed by atoms with van der Waals surface area (Å²) >= 11 is 0. The van der Waals surface area contributed by atoms with E-state index in [9.17, 15) is 0 Å². The zero-order chi connectivity index (χ0) is 13.6. The summed E-state index contributed by atoms with van der Waals surface area (Å²) in [6.45, 7) is 8.53. The highest BCUT2D eigenvalue weighted by Crippen LogP contribution is 2.28. The molecule has 0 aromatic carbocycles. The predicted octanol–water partition coefficient (Wildman–Crippen LogP) is 1.61. The van der Waals surface area contributed by atoms with Crippen LogP contribution in [0.5, 0.6) is 0 Å². The van der Waals surface area contributed by atoms with E-state index in [1.807, 2.05) is 16.9 Å². The summed E-state index contributed by atoms with van der Waals surface area (Å²) < 4.78 is 12.7. The minimum absolute atomic E-state index is 0.104. The summed E-state index contributed by atoms with van der Waals surface area (Å²) in [4.78, 5) is 0. The van der Waals surface area contributed by atoms with E-state index in [2.05, 4.69) is 31.2 Å².